The highest BCUT2D eigenvalue weighted by molar-refractivity contribution is 5.77. The van der Waals surface area contributed by atoms with E-state index in [9.17, 15) is 0 Å². The first-order valence-electron chi connectivity index (χ1n) is 2.83. The molecule has 0 radical (unpaired) electrons. The highest BCUT2D eigenvalue weighted by atomic mass is 16.4. The second kappa shape index (κ2) is 1.11. The van der Waals surface area contributed by atoms with Crippen LogP contribution >= 0.6 is 0 Å². The summed E-state index contributed by atoms with van der Waals surface area (Å²) in [4.78, 5) is 4.05. The predicted octanol–water partition coefficient (Wildman–Crippen LogP) is 0.488. The van der Waals surface area contributed by atoms with Gasteiger partial charge in [0.15, 0.2) is 5.69 Å². The van der Waals surface area contributed by atoms with Crippen molar-refractivity contribution in [2.75, 3.05) is 0 Å². The Labute approximate surface area is 54.7 Å². The molecular weight excluding hydrogens is 132 g/mol. The van der Waals surface area contributed by atoms with Crippen LogP contribution in [-0.4, -0.2) is 20.4 Å². The molecule has 0 saturated carbocycles. The van der Waals surface area contributed by atoms with E-state index >= 15 is 0 Å². The zero-order chi connectivity index (χ0) is 6.55. The predicted molar refractivity (Wildman–Crippen MR) is 31.8 cm³/mol. The van der Waals surface area contributed by atoms with Gasteiger partial charge >= 0.3 is 0 Å². The maximum absolute atomic E-state index is 5.08. The van der Waals surface area contributed by atoms with Gasteiger partial charge in [-0.15, -0.1) is 0 Å². The molecule has 0 amide bonds. The van der Waals surface area contributed by atoms with Crippen LogP contribution in [0.15, 0.2) is 10.5 Å². The standard InChI is InChI=1S/C5H2N4O/c1-2-4-5(8-9-7-2)10-3(1)6-4/h1H,(H,7,8). The minimum Gasteiger partial charge on any atom is -0.417 e. The monoisotopic (exact) mass is 134 g/mol. The fourth-order valence-corrected chi connectivity index (χ4v) is 1.03. The summed E-state index contributed by atoms with van der Waals surface area (Å²) in [6.45, 7) is 0. The van der Waals surface area contributed by atoms with Crippen molar-refractivity contribution in [3.8, 4) is 11.4 Å². The van der Waals surface area contributed by atoms with E-state index in [2.05, 4.69) is 20.4 Å². The molecule has 0 unspecified atom stereocenters. The van der Waals surface area contributed by atoms with Crippen molar-refractivity contribution in [3.63, 3.8) is 0 Å². The Balaban J connectivity index is 2.76. The Kier molecular flexibility index (Phi) is 0.467. The molecule has 48 valence electrons. The lowest BCUT2D eigenvalue weighted by atomic mass is 10.3. The number of fused-ring (bicyclic) bond motifs is 1. The van der Waals surface area contributed by atoms with Crippen LogP contribution in [0.5, 0.6) is 0 Å². The molecule has 2 aliphatic rings. The Morgan fingerprint density at radius 2 is 2.50 bits per heavy atom. The molecule has 0 spiro atoms. The maximum Gasteiger partial charge on any atom is 0.270 e. The molecule has 3 rings (SSSR count). The molecule has 1 aromatic rings. The van der Waals surface area contributed by atoms with Crippen molar-refractivity contribution in [3.05, 3.63) is 6.07 Å². The largest absolute Gasteiger partial charge is 0.417 e. The number of aromatic amines is 1. The van der Waals surface area contributed by atoms with E-state index in [1.807, 2.05) is 0 Å². The molecule has 2 aliphatic heterocycles. The van der Waals surface area contributed by atoms with Crippen molar-refractivity contribution >= 4 is 11.4 Å². The van der Waals surface area contributed by atoms with E-state index in [1.54, 1.807) is 6.07 Å². The number of hydrogen-bond donors (Lipinski definition) is 1. The van der Waals surface area contributed by atoms with Crippen LogP contribution in [-0.2, 0) is 0 Å². The van der Waals surface area contributed by atoms with Gasteiger partial charge in [0.05, 0.1) is 5.69 Å². The molecule has 0 saturated heterocycles. The van der Waals surface area contributed by atoms with Gasteiger partial charge in [0, 0.05) is 6.07 Å². The summed E-state index contributed by atoms with van der Waals surface area (Å²) in [6.07, 6.45) is 0. The summed E-state index contributed by atoms with van der Waals surface area (Å²) < 4.78 is 5.08. The molecule has 5 nitrogen and oxygen atoms in total. The van der Waals surface area contributed by atoms with E-state index in [0.29, 0.717) is 11.4 Å². The van der Waals surface area contributed by atoms with E-state index < -0.39 is 0 Å². The third kappa shape index (κ3) is 0.307. The van der Waals surface area contributed by atoms with Gasteiger partial charge in [0.2, 0.25) is 5.71 Å². The molecule has 5 heteroatoms. The lowest BCUT2D eigenvalue weighted by Crippen LogP contribution is -1.91. The lowest BCUT2D eigenvalue weighted by Gasteiger charge is -1.92. The van der Waals surface area contributed by atoms with Crippen LogP contribution in [0, 0.1) is 0 Å². The zero-order valence-corrected chi connectivity index (χ0v) is 4.83. The summed E-state index contributed by atoms with van der Waals surface area (Å²) in [6, 6.07) is 1.79. The van der Waals surface area contributed by atoms with Crippen molar-refractivity contribution in [1.29, 1.82) is 0 Å². The number of rotatable bonds is 0. The van der Waals surface area contributed by atoms with Crippen LogP contribution < -0.4 is 0 Å². The number of nitrogens with zero attached hydrogens (tertiary/aromatic N) is 3. The van der Waals surface area contributed by atoms with Crippen LogP contribution in [0.2, 0.25) is 0 Å². The van der Waals surface area contributed by atoms with E-state index in [0.717, 1.165) is 11.4 Å². The Bertz CT molecular complexity index is 427. The summed E-state index contributed by atoms with van der Waals surface area (Å²) in [5.41, 5.74) is 2.76. The Hall–Kier alpha value is -1.65. The van der Waals surface area contributed by atoms with Gasteiger partial charge in [-0.1, -0.05) is 10.3 Å². The normalized spacial score (nSPS) is 12.0. The minimum absolute atomic E-state index is 0.506. The van der Waals surface area contributed by atoms with Crippen molar-refractivity contribution in [2.24, 2.45) is 0 Å². The van der Waals surface area contributed by atoms with Crippen LogP contribution in [0.3, 0.4) is 0 Å². The van der Waals surface area contributed by atoms with Gasteiger partial charge in [-0.05, 0) is 0 Å². The smallest absolute Gasteiger partial charge is 0.270 e. The topological polar surface area (TPSA) is 67.6 Å². The Morgan fingerprint density at radius 3 is 3.20 bits per heavy atom. The molecule has 1 N–H and O–H groups in total. The highest BCUT2D eigenvalue weighted by Crippen LogP contribution is 2.27. The molecule has 0 aliphatic carbocycles. The highest BCUT2D eigenvalue weighted by Gasteiger charge is 2.17. The number of oxazole rings is 1. The average molecular weight is 134 g/mol. The summed E-state index contributed by atoms with van der Waals surface area (Å²) >= 11 is 0. The second-order valence-electron chi connectivity index (χ2n) is 2.08. The van der Waals surface area contributed by atoms with Gasteiger partial charge < -0.3 is 4.42 Å². The van der Waals surface area contributed by atoms with Gasteiger partial charge in [-0.2, -0.15) is 0 Å². The van der Waals surface area contributed by atoms with Gasteiger partial charge in [0.1, 0.15) is 0 Å². The molecule has 1 aromatic heterocycles. The quantitative estimate of drug-likeness (QED) is 0.485. The van der Waals surface area contributed by atoms with Gasteiger partial charge in [-0.25, -0.2) is 4.98 Å². The van der Waals surface area contributed by atoms with Crippen LogP contribution in [0.1, 0.15) is 0 Å². The van der Waals surface area contributed by atoms with Gasteiger partial charge in [-0.3, -0.25) is 5.10 Å². The fourth-order valence-electron chi connectivity index (χ4n) is 1.03. The van der Waals surface area contributed by atoms with Crippen molar-refractivity contribution < 1.29 is 4.42 Å². The maximum atomic E-state index is 5.08. The molecule has 2 bridgehead atoms. The lowest BCUT2D eigenvalue weighted by molar-refractivity contribution is 0.625. The first kappa shape index (κ1) is 4.21. The molecule has 0 atom stereocenters. The fraction of sp³-hybridized carbons (Fsp3) is 0. The summed E-state index contributed by atoms with van der Waals surface area (Å²) in [5, 5.41) is 9.99. The third-order valence-corrected chi connectivity index (χ3v) is 1.46. The van der Waals surface area contributed by atoms with Crippen LogP contribution in [0.25, 0.3) is 22.8 Å². The minimum atomic E-state index is 0.506. The first-order chi connectivity index (χ1) is 4.93. The Morgan fingerprint density at radius 1 is 1.50 bits per heavy atom. The third-order valence-electron chi connectivity index (χ3n) is 1.46. The first-order valence-corrected chi connectivity index (χ1v) is 2.83. The van der Waals surface area contributed by atoms with E-state index in [1.165, 1.54) is 0 Å². The average Bonchev–Trinajstić information content (AvgIpc) is 2.40. The summed E-state index contributed by atoms with van der Waals surface area (Å²) in [5.74, 6) is 0. The number of nitrogens with one attached hydrogen (secondary N) is 1. The molecule has 0 aromatic carbocycles. The van der Waals surface area contributed by atoms with Crippen molar-refractivity contribution in [1.82, 2.24) is 20.4 Å². The number of H-pyrrole nitrogens is 1. The van der Waals surface area contributed by atoms with Gasteiger partial charge in [0.25, 0.3) is 5.71 Å². The van der Waals surface area contributed by atoms with E-state index in [-0.39, 0.29) is 0 Å². The SMILES string of the molecule is c1c2[nH]nnc3oc1nc3-2. The van der Waals surface area contributed by atoms with Crippen molar-refractivity contribution in [2.45, 2.75) is 0 Å². The number of hydrogen-bond acceptors (Lipinski definition) is 4. The molecule has 0 fully saturated rings. The summed E-state index contributed by atoms with van der Waals surface area (Å²) in [7, 11) is 0. The zero-order valence-electron chi connectivity index (χ0n) is 4.83. The molecule has 10 heavy (non-hydrogen) atoms. The molecular formula is C5H2N4O. The molecule has 3 heterocycles. The van der Waals surface area contributed by atoms with E-state index in [4.69, 9.17) is 4.42 Å². The van der Waals surface area contributed by atoms with Crippen LogP contribution in [0.4, 0.5) is 0 Å². The number of aromatic nitrogens is 4. The second-order valence-corrected chi connectivity index (χ2v) is 2.08.